The molecule has 2 heteroatoms. The molecule has 0 bridgehead atoms. The Balaban J connectivity index is 2.33. The Kier molecular flexibility index (Phi) is 3.78. The van der Waals surface area contributed by atoms with Gasteiger partial charge in [0.05, 0.1) is 6.61 Å². The highest BCUT2D eigenvalue weighted by atomic mass is 16.5. The number of hydrogen-bond acceptors (Lipinski definition) is 2. The molecule has 0 atom stereocenters. The van der Waals surface area contributed by atoms with Gasteiger partial charge in [-0.2, -0.15) is 0 Å². The van der Waals surface area contributed by atoms with Crippen LogP contribution >= 0.6 is 0 Å². The van der Waals surface area contributed by atoms with Gasteiger partial charge in [0.25, 0.3) is 0 Å². The van der Waals surface area contributed by atoms with E-state index in [1.54, 1.807) is 0 Å². The smallest absolute Gasteiger partial charge is 0.163 e. The van der Waals surface area contributed by atoms with Crippen molar-refractivity contribution in [1.29, 1.82) is 0 Å². The second kappa shape index (κ2) is 5.72. The van der Waals surface area contributed by atoms with E-state index in [0.717, 1.165) is 40.5 Å². The van der Waals surface area contributed by atoms with E-state index in [-0.39, 0.29) is 5.78 Å². The highest BCUT2D eigenvalue weighted by Gasteiger charge is 2.24. The molecule has 0 heterocycles. The number of carbonyl (C=O) groups is 1. The fourth-order valence-corrected chi connectivity index (χ4v) is 3.14. The van der Waals surface area contributed by atoms with Gasteiger partial charge in [-0.25, -0.2) is 0 Å². The summed E-state index contributed by atoms with van der Waals surface area (Å²) in [5, 5.41) is 2.25. The minimum absolute atomic E-state index is 0.246. The van der Waals surface area contributed by atoms with E-state index in [1.165, 1.54) is 5.57 Å². The number of ether oxygens (including phenoxy) is 1. The van der Waals surface area contributed by atoms with Gasteiger partial charge < -0.3 is 4.74 Å². The Morgan fingerprint density at radius 1 is 1.10 bits per heavy atom. The van der Waals surface area contributed by atoms with Crippen LogP contribution in [0.2, 0.25) is 0 Å². The Morgan fingerprint density at radius 2 is 1.90 bits per heavy atom. The number of rotatable bonds is 3. The van der Waals surface area contributed by atoms with Crippen LogP contribution in [-0.2, 0) is 4.79 Å². The van der Waals surface area contributed by atoms with Crippen LogP contribution in [0.4, 0.5) is 0 Å². The van der Waals surface area contributed by atoms with Gasteiger partial charge in [-0.3, -0.25) is 4.79 Å². The maximum absolute atomic E-state index is 12.5. The number of hydrogen-bond donors (Lipinski definition) is 0. The quantitative estimate of drug-likeness (QED) is 0.810. The first kappa shape index (κ1) is 13.9. The molecule has 0 saturated heterocycles. The molecule has 1 aliphatic rings. The average Bonchev–Trinajstić information content (AvgIpc) is 2.49. The first-order chi connectivity index (χ1) is 10.2. The topological polar surface area (TPSA) is 26.3 Å². The summed E-state index contributed by atoms with van der Waals surface area (Å²) in [7, 11) is 0. The number of benzene rings is 2. The van der Waals surface area contributed by atoms with Gasteiger partial charge in [-0.05, 0) is 43.5 Å². The molecular formula is C19H20O2. The Labute approximate surface area is 125 Å². The van der Waals surface area contributed by atoms with E-state index < -0.39 is 0 Å². The van der Waals surface area contributed by atoms with Gasteiger partial charge in [0, 0.05) is 17.6 Å². The number of allylic oxidation sites excluding steroid dienone is 2. The minimum atomic E-state index is 0.246. The van der Waals surface area contributed by atoms with Crippen molar-refractivity contribution in [3.8, 4) is 5.75 Å². The van der Waals surface area contributed by atoms with Gasteiger partial charge in [0.1, 0.15) is 5.75 Å². The van der Waals surface area contributed by atoms with Crippen LogP contribution in [-0.4, -0.2) is 12.4 Å². The molecule has 108 valence electrons. The summed E-state index contributed by atoms with van der Waals surface area (Å²) in [6.07, 6.45) is 2.60. The summed E-state index contributed by atoms with van der Waals surface area (Å²) >= 11 is 0. The normalized spacial score (nSPS) is 15.6. The van der Waals surface area contributed by atoms with Crippen molar-refractivity contribution in [1.82, 2.24) is 0 Å². The lowest BCUT2D eigenvalue weighted by atomic mass is 9.84. The predicted molar refractivity (Wildman–Crippen MR) is 86.6 cm³/mol. The molecule has 3 rings (SSSR count). The fourth-order valence-electron chi connectivity index (χ4n) is 3.14. The summed E-state index contributed by atoms with van der Waals surface area (Å²) in [6.45, 7) is 4.65. The average molecular weight is 280 g/mol. The van der Waals surface area contributed by atoms with E-state index in [2.05, 4.69) is 25.1 Å². The maximum Gasteiger partial charge on any atom is 0.163 e. The van der Waals surface area contributed by atoms with Crippen molar-refractivity contribution in [2.45, 2.75) is 33.1 Å². The summed E-state index contributed by atoms with van der Waals surface area (Å²) in [5.74, 6) is 1.07. The van der Waals surface area contributed by atoms with E-state index in [9.17, 15) is 4.79 Å². The largest absolute Gasteiger partial charge is 0.493 e. The molecule has 0 amide bonds. The Hall–Kier alpha value is -2.09. The van der Waals surface area contributed by atoms with Crippen molar-refractivity contribution in [2.75, 3.05) is 6.61 Å². The number of ketones is 1. The molecule has 2 aromatic rings. The molecule has 0 N–H and O–H groups in total. The van der Waals surface area contributed by atoms with Gasteiger partial charge >= 0.3 is 0 Å². The van der Waals surface area contributed by atoms with Crippen molar-refractivity contribution in [3.63, 3.8) is 0 Å². The van der Waals surface area contributed by atoms with Crippen molar-refractivity contribution in [2.24, 2.45) is 0 Å². The second-order valence-corrected chi connectivity index (χ2v) is 5.52. The third-order valence-electron chi connectivity index (χ3n) is 4.10. The maximum atomic E-state index is 12.5. The van der Waals surface area contributed by atoms with Crippen LogP contribution in [0.5, 0.6) is 5.75 Å². The van der Waals surface area contributed by atoms with Crippen molar-refractivity contribution < 1.29 is 9.53 Å². The van der Waals surface area contributed by atoms with Gasteiger partial charge in [-0.15, -0.1) is 0 Å². The minimum Gasteiger partial charge on any atom is -0.493 e. The van der Waals surface area contributed by atoms with Crippen LogP contribution in [0.1, 0.15) is 38.7 Å². The zero-order valence-electron chi connectivity index (χ0n) is 12.6. The molecule has 2 nitrogen and oxygen atoms in total. The van der Waals surface area contributed by atoms with E-state index in [0.29, 0.717) is 13.0 Å². The number of carbonyl (C=O) groups excluding carboxylic acids is 1. The van der Waals surface area contributed by atoms with Crippen LogP contribution in [0.3, 0.4) is 0 Å². The molecule has 0 saturated carbocycles. The summed E-state index contributed by atoms with van der Waals surface area (Å²) in [6, 6.07) is 12.3. The lowest BCUT2D eigenvalue weighted by Gasteiger charge is -2.21. The SMILES string of the molecule is CCOc1ccc2ccccc2c1C1=C(C)CCCC1=O. The van der Waals surface area contributed by atoms with Gasteiger partial charge in [-0.1, -0.05) is 35.9 Å². The monoisotopic (exact) mass is 280 g/mol. The fraction of sp³-hybridized carbons (Fsp3) is 0.316. The second-order valence-electron chi connectivity index (χ2n) is 5.52. The standard InChI is InChI=1S/C19H20O2/c1-3-21-17-12-11-14-8-4-5-9-15(14)19(17)18-13(2)7-6-10-16(18)20/h4-5,8-9,11-12H,3,6-7,10H2,1-2H3. The third kappa shape index (κ3) is 2.46. The van der Waals surface area contributed by atoms with Gasteiger partial charge in [0.15, 0.2) is 5.78 Å². The molecule has 0 aliphatic heterocycles. The summed E-state index contributed by atoms with van der Waals surface area (Å²) in [5.41, 5.74) is 3.04. The number of fused-ring (bicyclic) bond motifs is 1. The van der Waals surface area contributed by atoms with E-state index >= 15 is 0 Å². The highest BCUT2D eigenvalue weighted by molar-refractivity contribution is 6.26. The van der Waals surface area contributed by atoms with E-state index in [1.807, 2.05) is 25.1 Å². The van der Waals surface area contributed by atoms with Gasteiger partial charge in [0.2, 0.25) is 0 Å². The van der Waals surface area contributed by atoms with Crippen molar-refractivity contribution in [3.05, 3.63) is 47.5 Å². The first-order valence-electron chi connectivity index (χ1n) is 7.60. The molecule has 0 spiro atoms. The lowest BCUT2D eigenvalue weighted by Crippen LogP contribution is -2.11. The number of Topliss-reactive ketones (excluding diaryl/α,β-unsaturated/α-hetero) is 1. The van der Waals surface area contributed by atoms with Crippen LogP contribution in [0.15, 0.2) is 42.0 Å². The zero-order chi connectivity index (χ0) is 14.8. The van der Waals surface area contributed by atoms with E-state index in [4.69, 9.17) is 4.74 Å². The molecular weight excluding hydrogens is 260 g/mol. The molecule has 0 unspecified atom stereocenters. The van der Waals surface area contributed by atoms with Crippen LogP contribution in [0.25, 0.3) is 16.3 Å². The molecule has 2 aromatic carbocycles. The van der Waals surface area contributed by atoms with Crippen LogP contribution < -0.4 is 4.74 Å². The van der Waals surface area contributed by atoms with Crippen molar-refractivity contribution >= 4 is 22.1 Å². The molecule has 21 heavy (non-hydrogen) atoms. The predicted octanol–water partition coefficient (Wildman–Crippen LogP) is 4.77. The molecule has 0 aromatic heterocycles. The molecule has 1 aliphatic carbocycles. The van der Waals surface area contributed by atoms with Crippen LogP contribution in [0, 0.1) is 0 Å². The Bertz CT molecular complexity index is 725. The first-order valence-corrected chi connectivity index (χ1v) is 7.60. The highest BCUT2D eigenvalue weighted by Crippen LogP contribution is 2.39. The molecule has 0 radical (unpaired) electrons. The third-order valence-corrected chi connectivity index (χ3v) is 4.10. The molecule has 0 fully saturated rings. The summed E-state index contributed by atoms with van der Waals surface area (Å²) < 4.78 is 5.81. The summed E-state index contributed by atoms with van der Waals surface area (Å²) in [4.78, 5) is 12.5. The Morgan fingerprint density at radius 3 is 2.67 bits per heavy atom. The lowest BCUT2D eigenvalue weighted by molar-refractivity contribution is -0.114. The zero-order valence-corrected chi connectivity index (χ0v) is 12.6.